The molecule has 2 aromatic rings. The summed E-state index contributed by atoms with van der Waals surface area (Å²) in [6, 6.07) is 13.5. The summed E-state index contributed by atoms with van der Waals surface area (Å²) in [5.41, 5.74) is 3.95. The van der Waals surface area contributed by atoms with Crippen molar-refractivity contribution in [2.75, 3.05) is 45.2 Å². The van der Waals surface area contributed by atoms with Gasteiger partial charge >= 0.3 is 0 Å². The number of amides is 2. The second kappa shape index (κ2) is 10.1. The molecule has 30 heavy (non-hydrogen) atoms. The van der Waals surface area contributed by atoms with Gasteiger partial charge in [0.1, 0.15) is 5.75 Å². The normalized spacial score (nSPS) is 14.7. The Bertz CT molecular complexity index is 894. The van der Waals surface area contributed by atoms with Crippen LogP contribution in [-0.2, 0) is 9.59 Å². The third kappa shape index (κ3) is 5.70. The molecule has 158 valence electrons. The van der Waals surface area contributed by atoms with Crippen LogP contribution in [0.5, 0.6) is 5.75 Å². The van der Waals surface area contributed by atoms with E-state index >= 15 is 0 Å². The summed E-state index contributed by atoms with van der Waals surface area (Å²) in [6.45, 7) is 6.91. The third-order valence-corrected chi connectivity index (χ3v) is 5.33. The summed E-state index contributed by atoms with van der Waals surface area (Å²) < 4.78 is 5.14. The van der Waals surface area contributed by atoms with Gasteiger partial charge in [-0.15, -0.1) is 0 Å². The SMILES string of the molecule is COc1ccc(/C=C/C(=O)N2CCN(CC(=O)Nc3c(C)cccc3C)CC2)cc1. The van der Waals surface area contributed by atoms with Crippen molar-refractivity contribution < 1.29 is 14.3 Å². The van der Waals surface area contributed by atoms with E-state index in [0.29, 0.717) is 32.7 Å². The lowest BCUT2D eigenvalue weighted by atomic mass is 10.1. The van der Waals surface area contributed by atoms with Gasteiger partial charge in [0.25, 0.3) is 0 Å². The lowest BCUT2D eigenvalue weighted by molar-refractivity contribution is -0.127. The van der Waals surface area contributed by atoms with Crippen LogP contribution in [0.25, 0.3) is 6.08 Å². The molecule has 0 bridgehead atoms. The van der Waals surface area contributed by atoms with Gasteiger partial charge in [0, 0.05) is 37.9 Å². The van der Waals surface area contributed by atoms with Crippen LogP contribution in [0.1, 0.15) is 16.7 Å². The molecule has 1 fully saturated rings. The average molecular weight is 408 g/mol. The van der Waals surface area contributed by atoms with Gasteiger partial charge in [0.15, 0.2) is 0 Å². The number of rotatable bonds is 6. The molecule has 6 heteroatoms. The fourth-order valence-corrected chi connectivity index (χ4v) is 3.51. The second-order valence-electron chi connectivity index (χ2n) is 7.52. The van der Waals surface area contributed by atoms with Crippen LogP contribution < -0.4 is 10.1 Å². The molecule has 0 unspecified atom stereocenters. The zero-order valence-electron chi connectivity index (χ0n) is 17.9. The quantitative estimate of drug-likeness (QED) is 0.748. The number of hydrogen-bond acceptors (Lipinski definition) is 4. The molecule has 0 spiro atoms. The van der Waals surface area contributed by atoms with Crippen molar-refractivity contribution in [3.63, 3.8) is 0 Å². The monoisotopic (exact) mass is 407 g/mol. The van der Waals surface area contributed by atoms with Crippen LogP contribution in [0.3, 0.4) is 0 Å². The van der Waals surface area contributed by atoms with Gasteiger partial charge in [-0.2, -0.15) is 0 Å². The van der Waals surface area contributed by atoms with E-state index in [0.717, 1.165) is 28.1 Å². The number of benzene rings is 2. The lowest BCUT2D eigenvalue weighted by Crippen LogP contribution is -2.50. The molecule has 2 amide bonds. The minimum absolute atomic E-state index is 0.00884. The van der Waals surface area contributed by atoms with Gasteiger partial charge in [0.05, 0.1) is 13.7 Å². The minimum atomic E-state index is -0.0217. The summed E-state index contributed by atoms with van der Waals surface area (Å²) in [7, 11) is 1.63. The van der Waals surface area contributed by atoms with E-state index in [1.54, 1.807) is 13.2 Å². The molecule has 3 rings (SSSR count). The number of nitrogens with zero attached hydrogens (tertiary/aromatic N) is 2. The zero-order chi connectivity index (χ0) is 21.5. The fraction of sp³-hybridized carbons (Fsp3) is 0.333. The van der Waals surface area contributed by atoms with Gasteiger partial charge in [0.2, 0.25) is 11.8 Å². The van der Waals surface area contributed by atoms with Crippen LogP contribution >= 0.6 is 0 Å². The van der Waals surface area contributed by atoms with E-state index in [1.165, 1.54) is 0 Å². The Labute approximate surface area is 178 Å². The van der Waals surface area contributed by atoms with Crippen LogP contribution in [0.4, 0.5) is 5.69 Å². The fourth-order valence-electron chi connectivity index (χ4n) is 3.51. The Morgan fingerprint density at radius 1 is 1.00 bits per heavy atom. The van der Waals surface area contributed by atoms with Gasteiger partial charge < -0.3 is 15.0 Å². The Kier molecular flexibility index (Phi) is 7.25. The van der Waals surface area contributed by atoms with E-state index in [2.05, 4.69) is 10.2 Å². The summed E-state index contributed by atoms with van der Waals surface area (Å²) in [5, 5.41) is 3.03. The first-order valence-electron chi connectivity index (χ1n) is 10.2. The van der Waals surface area contributed by atoms with Crippen LogP contribution in [0, 0.1) is 13.8 Å². The highest BCUT2D eigenvalue weighted by atomic mass is 16.5. The predicted octanol–water partition coefficient (Wildman–Crippen LogP) is 3.11. The van der Waals surface area contributed by atoms with E-state index in [4.69, 9.17) is 4.74 Å². The molecule has 0 atom stereocenters. The van der Waals surface area contributed by atoms with E-state index in [-0.39, 0.29) is 11.8 Å². The molecule has 6 nitrogen and oxygen atoms in total. The molecule has 1 N–H and O–H groups in total. The van der Waals surface area contributed by atoms with Crippen LogP contribution in [0.2, 0.25) is 0 Å². The van der Waals surface area contributed by atoms with Crippen molar-refractivity contribution in [2.45, 2.75) is 13.8 Å². The Morgan fingerprint density at radius 3 is 2.23 bits per heavy atom. The molecule has 0 aromatic heterocycles. The van der Waals surface area contributed by atoms with Crippen LogP contribution in [-0.4, -0.2) is 61.4 Å². The van der Waals surface area contributed by atoms with E-state index < -0.39 is 0 Å². The van der Waals surface area contributed by atoms with Crippen LogP contribution in [0.15, 0.2) is 48.5 Å². The number of aryl methyl sites for hydroxylation is 2. The maximum Gasteiger partial charge on any atom is 0.246 e. The van der Waals surface area contributed by atoms with Gasteiger partial charge in [-0.05, 0) is 48.7 Å². The zero-order valence-corrected chi connectivity index (χ0v) is 17.9. The topological polar surface area (TPSA) is 61.9 Å². The van der Waals surface area contributed by atoms with Gasteiger partial charge in [-0.25, -0.2) is 0 Å². The first-order chi connectivity index (χ1) is 14.5. The largest absolute Gasteiger partial charge is 0.497 e. The first kappa shape index (κ1) is 21.6. The van der Waals surface area contributed by atoms with Gasteiger partial charge in [-0.3, -0.25) is 14.5 Å². The molecule has 0 saturated carbocycles. The second-order valence-corrected chi connectivity index (χ2v) is 7.52. The minimum Gasteiger partial charge on any atom is -0.497 e. The molecule has 2 aromatic carbocycles. The number of piperazine rings is 1. The Balaban J connectivity index is 1.46. The highest BCUT2D eigenvalue weighted by Gasteiger charge is 2.21. The third-order valence-electron chi connectivity index (χ3n) is 5.33. The summed E-state index contributed by atoms with van der Waals surface area (Å²) in [4.78, 5) is 28.8. The number of carbonyl (C=O) groups is 2. The number of methoxy groups -OCH3 is 1. The standard InChI is InChI=1S/C24H29N3O3/c1-18-5-4-6-19(2)24(18)25-22(28)17-26-13-15-27(16-14-26)23(29)12-9-20-7-10-21(30-3)11-8-20/h4-12H,13-17H2,1-3H3,(H,25,28)/b12-9+. The molecule has 0 radical (unpaired) electrons. The maximum atomic E-state index is 12.5. The Morgan fingerprint density at radius 2 is 1.63 bits per heavy atom. The summed E-state index contributed by atoms with van der Waals surface area (Å²) >= 11 is 0. The van der Waals surface area contributed by atoms with E-state index in [9.17, 15) is 9.59 Å². The molecular weight excluding hydrogens is 378 g/mol. The lowest BCUT2D eigenvalue weighted by Gasteiger charge is -2.33. The van der Waals surface area contributed by atoms with Crippen molar-refractivity contribution >= 4 is 23.6 Å². The van der Waals surface area contributed by atoms with Crippen molar-refractivity contribution in [1.82, 2.24) is 9.80 Å². The highest BCUT2D eigenvalue weighted by Crippen LogP contribution is 2.19. The smallest absolute Gasteiger partial charge is 0.246 e. The summed E-state index contributed by atoms with van der Waals surface area (Å²) in [6.07, 6.45) is 3.41. The maximum absolute atomic E-state index is 12.5. The highest BCUT2D eigenvalue weighted by molar-refractivity contribution is 5.94. The van der Waals surface area contributed by atoms with Crippen molar-refractivity contribution in [1.29, 1.82) is 0 Å². The van der Waals surface area contributed by atoms with Gasteiger partial charge in [-0.1, -0.05) is 30.3 Å². The number of anilines is 1. The van der Waals surface area contributed by atoms with Crippen molar-refractivity contribution in [2.24, 2.45) is 0 Å². The predicted molar refractivity (Wildman–Crippen MR) is 120 cm³/mol. The first-order valence-corrected chi connectivity index (χ1v) is 10.2. The van der Waals surface area contributed by atoms with Crippen molar-refractivity contribution in [3.8, 4) is 5.75 Å². The molecule has 0 aliphatic carbocycles. The number of nitrogens with one attached hydrogen (secondary N) is 1. The number of carbonyl (C=O) groups excluding carboxylic acids is 2. The average Bonchev–Trinajstić information content (AvgIpc) is 2.75. The molecule has 1 saturated heterocycles. The molecule has 1 aliphatic rings. The van der Waals surface area contributed by atoms with Crippen molar-refractivity contribution in [3.05, 3.63) is 65.2 Å². The molecule has 1 aliphatic heterocycles. The molecular formula is C24H29N3O3. The number of para-hydroxylation sites is 1. The summed E-state index contributed by atoms with van der Waals surface area (Å²) in [5.74, 6) is 0.758. The number of ether oxygens (including phenoxy) is 1. The molecule has 1 heterocycles. The Hall–Kier alpha value is -3.12. The van der Waals surface area contributed by atoms with E-state index in [1.807, 2.05) is 67.3 Å². The number of hydrogen-bond donors (Lipinski definition) is 1.